The Bertz CT molecular complexity index is 1360. The molecule has 1 atom stereocenters. The number of anilines is 1. The topological polar surface area (TPSA) is 91.8 Å². The molecule has 7 nitrogen and oxygen atoms in total. The zero-order valence-corrected chi connectivity index (χ0v) is 20.4. The molecule has 0 bridgehead atoms. The van der Waals surface area contributed by atoms with E-state index in [-0.39, 0.29) is 18.5 Å². The lowest BCUT2D eigenvalue weighted by molar-refractivity contribution is -0.117. The van der Waals surface area contributed by atoms with Crippen molar-refractivity contribution < 1.29 is 19.4 Å². The van der Waals surface area contributed by atoms with Gasteiger partial charge < -0.3 is 15.2 Å². The number of benzene rings is 2. The second-order valence-electron chi connectivity index (χ2n) is 8.31. The van der Waals surface area contributed by atoms with E-state index in [1.807, 2.05) is 49.4 Å². The van der Waals surface area contributed by atoms with Crippen LogP contribution in [0.3, 0.4) is 0 Å². The number of amides is 1. The molecule has 0 spiro atoms. The van der Waals surface area contributed by atoms with Crippen molar-refractivity contribution in [3.63, 3.8) is 0 Å². The highest BCUT2D eigenvalue weighted by Gasteiger charge is 2.29. The second-order valence-corrected chi connectivity index (χ2v) is 10.4. The van der Waals surface area contributed by atoms with Crippen molar-refractivity contribution in [1.29, 1.82) is 0 Å². The average molecular weight is 496 g/mol. The van der Waals surface area contributed by atoms with Gasteiger partial charge in [-0.2, -0.15) is 0 Å². The molecular formula is C25H25N3O4S2. The Hall–Kier alpha value is -3.01. The number of aromatic nitrogens is 1. The van der Waals surface area contributed by atoms with Crippen LogP contribution in [0.4, 0.5) is 5.13 Å². The van der Waals surface area contributed by atoms with Crippen LogP contribution in [0.5, 0.6) is 5.75 Å². The normalized spacial score (nSPS) is 16.3. The summed E-state index contributed by atoms with van der Waals surface area (Å²) in [6.07, 6.45) is 2.56. The van der Waals surface area contributed by atoms with Crippen LogP contribution in [0.2, 0.25) is 0 Å². The first-order valence-electron chi connectivity index (χ1n) is 11.3. The summed E-state index contributed by atoms with van der Waals surface area (Å²) in [6.45, 7) is 3.62. The predicted octanol–water partition coefficient (Wildman–Crippen LogP) is 5.25. The lowest BCUT2D eigenvalue weighted by Crippen LogP contribution is -2.38. The maximum Gasteiger partial charge on any atom is 0.346 e. The van der Waals surface area contributed by atoms with E-state index < -0.39 is 5.97 Å². The molecule has 3 heterocycles. The van der Waals surface area contributed by atoms with Crippen LogP contribution in [-0.2, 0) is 11.2 Å². The minimum atomic E-state index is -0.887. The Morgan fingerprint density at radius 2 is 2.06 bits per heavy atom. The van der Waals surface area contributed by atoms with Crippen LogP contribution in [0, 0.1) is 0 Å². The summed E-state index contributed by atoms with van der Waals surface area (Å²) in [5, 5.41) is 14.3. The summed E-state index contributed by atoms with van der Waals surface area (Å²) in [5.41, 5.74) is 1.70. The van der Waals surface area contributed by atoms with Gasteiger partial charge in [0.25, 0.3) is 0 Å². The molecule has 176 valence electrons. The molecule has 2 aromatic carbocycles. The molecule has 2 N–H and O–H groups in total. The molecule has 0 saturated carbocycles. The molecular weight excluding hydrogens is 470 g/mol. The van der Waals surface area contributed by atoms with E-state index in [2.05, 4.69) is 15.2 Å². The highest BCUT2D eigenvalue weighted by molar-refractivity contribution is 7.22. The van der Waals surface area contributed by atoms with Crippen molar-refractivity contribution in [3.8, 4) is 5.75 Å². The monoisotopic (exact) mass is 495 g/mol. The van der Waals surface area contributed by atoms with E-state index >= 15 is 0 Å². The molecule has 1 aliphatic rings. The Morgan fingerprint density at radius 3 is 2.88 bits per heavy atom. The van der Waals surface area contributed by atoms with E-state index in [0.29, 0.717) is 23.0 Å². The van der Waals surface area contributed by atoms with Gasteiger partial charge in [0.1, 0.15) is 10.6 Å². The fraction of sp³-hybridized carbons (Fsp3) is 0.320. The molecule has 0 aliphatic carbocycles. The van der Waals surface area contributed by atoms with Crippen molar-refractivity contribution >= 4 is 60.0 Å². The third-order valence-corrected chi connectivity index (χ3v) is 8.23. The number of rotatable bonds is 8. The van der Waals surface area contributed by atoms with Crippen LogP contribution >= 0.6 is 22.7 Å². The molecule has 1 amide bonds. The first-order chi connectivity index (χ1) is 16.5. The number of hydrogen-bond acceptors (Lipinski definition) is 7. The van der Waals surface area contributed by atoms with E-state index in [4.69, 9.17) is 4.74 Å². The van der Waals surface area contributed by atoms with Crippen molar-refractivity contribution in [2.75, 3.05) is 25.0 Å². The fourth-order valence-corrected chi connectivity index (χ4v) is 6.58. The van der Waals surface area contributed by atoms with Gasteiger partial charge in [0.15, 0.2) is 5.13 Å². The summed E-state index contributed by atoms with van der Waals surface area (Å²) in [5.74, 6) is -0.204. The van der Waals surface area contributed by atoms with E-state index in [1.54, 1.807) is 0 Å². The van der Waals surface area contributed by atoms with Crippen molar-refractivity contribution in [1.82, 2.24) is 9.88 Å². The first-order valence-corrected chi connectivity index (χ1v) is 13.0. The lowest BCUT2D eigenvalue weighted by atomic mass is 10.0. The van der Waals surface area contributed by atoms with Crippen LogP contribution in [0.25, 0.3) is 20.3 Å². The largest absolute Gasteiger partial charge is 0.494 e. The van der Waals surface area contributed by atoms with Crippen molar-refractivity contribution in [2.45, 2.75) is 32.2 Å². The van der Waals surface area contributed by atoms with Crippen LogP contribution in [0.1, 0.15) is 35.0 Å². The summed E-state index contributed by atoms with van der Waals surface area (Å²) in [6, 6.07) is 13.7. The number of carboxylic acids is 1. The maximum atomic E-state index is 12.8. The number of ether oxygens (including phenoxy) is 1. The highest BCUT2D eigenvalue weighted by atomic mass is 32.1. The van der Waals surface area contributed by atoms with Gasteiger partial charge in [0.05, 0.1) is 23.4 Å². The maximum absolute atomic E-state index is 12.8. The van der Waals surface area contributed by atoms with Gasteiger partial charge in [-0.3, -0.25) is 9.69 Å². The smallest absolute Gasteiger partial charge is 0.346 e. The molecule has 4 aromatic rings. The van der Waals surface area contributed by atoms with Crippen molar-refractivity contribution in [3.05, 3.63) is 52.9 Å². The minimum absolute atomic E-state index is 0.107. The molecule has 1 aliphatic heterocycles. The third kappa shape index (κ3) is 4.64. The van der Waals surface area contributed by atoms with Gasteiger partial charge in [0.2, 0.25) is 5.91 Å². The molecule has 9 heteroatoms. The quantitative estimate of drug-likeness (QED) is 0.347. The van der Waals surface area contributed by atoms with Gasteiger partial charge in [-0.1, -0.05) is 29.5 Å². The molecule has 0 radical (unpaired) electrons. The zero-order chi connectivity index (χ0) is 23.7. The average Bonchev–Trinajstić information content (AvgIpc) is 3.51. The van der Waals surface area contributed by atoms with Gasteiger partial charge in [-0.25, -0.2) is 9.78 Å². The minimum Gasteiger partial charge on any atom is -0.494 e. The SMILES string of the molecule is CCOc1ccc2nc(NC(=O)CN3CCC[C@H]3Cc3c(C(=O)O)sc4ccccc34)sc2c1. The number of carbonyl (C=O) groups excluding carboxylic acids is 1. The number of thiazole rings is 1. The summed E-state index contributed by atoms with van der Waals surface area (Å²) >= 11 is 2.75. The van der Waals surface area contributed by atoms with E-state index in [1.165, 1.54) is 22.7 Å². The van der Waals surface area contributed by atoms with Crippen LogP contribution in [-0.4, -0.2) is 52.6 Å². The molecule has 2 aromatic heterocycles. The second kappa shape index (κ2) is 9.69. The van der Waals surface area contributed by atoms with Crippen LogP contribution < -0.4 is 10.1 Å². The fourth-order valence-electron chi connectivity index (χ4n) is 4.60. The third-order valence-electron chi connectivity index (χ3n) is 6.10. The number of fused-ring (bicyclic) bond motifs is 2. The highest BCUT2D eigenvalue weighted by Crippen LogP contribution is 2.34. The number of aromatic carboxylic acids is 1. The molecule has 1 saturated heterocycles. The Morgan fingerprint density at radius 1 is 1.21 bits per heavy atom. The van der Waals surface area contributed by atoms with E-state index in [9.17, 15) is 14.7 Å². The Labute approximate surface area is 205 Å². The number of nitrogens with one attached hydrogen (secondary N) is 1. The molecule has 0 unspecified atom stereocenters. The first kappa shape index (κ1) is 22.8. The number of carboxylic acid groups (broad SMARTS) is 1. The number of likely N-dealkylation sites (tertiary alicyclic amines) is 1. The Kier molecular flexibility index (Phi) is 6.49. The predicted molar refractivity (Wildman–Crippen MR) is 137 cm³/mol. The van der Waals surface area contributed by atoms with Gasteiger partial charge in [0, 0.05) is 10.7 Å². The summed E-state index contributed by atoms with van der Waals surface area (Å²) in [7, 11) is 0. The Balaban J connectivity index is 1.28. The van der Waals surface area contributed by atoms with Gasteiger partial charge in [-0.05, 0) is 67.9 Å². The number of hydrogen-bond donors (Lipinski definition) is 2. The number of nitrogens with zero attached hydrogens (tertiary/aromatic N) is 2. The van der Waals surface area contributed by atoms with Gasteiger partial charge in [-0.15, -0.1) is 11.3 Å². The number of carbonyl (C=O) groups is 2. The number of thiophene rings is 1. The zero-order valence-electron chi connectivity index (χ0n) is 18.7. The summed E-state index contributed by atoms with van der Waals surface area (Å²) < 4.78 is 7.50. The lowest BCUT2D eigenvalue weighted by Gasteiger charge is -2.23. The standard InChI is InChI=1S/C25H25N3O4S2/c1-2-32-16-9-10-19-21(13-16)34-25(26-19)27-22(29)14-28-11-5-6-15(28)12-18-17-7-3-4-8-20(17)33-23(18)24(30)31/h3-4,7-10,13,15H,2,5-6,11-12,14H2,1H3,(H,30,31)(H,26,27,29)/t15-/m0/s1. The summed E-state index contributed by atoms with van der Waals surface area (Å²) in [4.78, 5) is 31.8. The molecule has 34 heavy (non-hydrogen) atoms. The van der Waals surface area contributed by atoms with Crippen molar-refractivity contribution in [2.24, 2.45) is 0 Å². The molecule has 1 fully saturated rings. The van der Waals surface area contributed by atoms with Gasteiger partial charge >= 0.3 is 5.97 Å². The van der Waals surface area contributed by atoms with E-state index in [0.717, 1.165) is 51.0 Å². The molecule has 5 rings (SSSR count). The van der Waals surface area contributed by atoms with Crippen LogP contribution in [0.15, 0.2) is 42.5 Å².